The van der Waals surface area contributed by atoms with Crippen LogP contribution in [-0.4, -0.2) is 12.5 Å². The van der Waals surface area contributed by atoms with E-state index < -0.39 is 0 Å². The second-order valence-corrected chi connectivity index (χ2v) is 5.54. The van der Waals surface area contributed by atoms with Crippen molar-refractivity contribution in [3.63, 3.8) is 0 Å². The van der Waals surface area contributed by atoms with Crippen molar-refractivity contribution in [3.8, 4) is 0 Å². The van der Waals surface area contributed by atoms with E-state index in [0.717, 1.165) is 15.7 Å². The summed E-state index contributed by atoms with van der Waals surface area (Å²) in [6.45, 7) is 0.530. The number of hydrogen-bond donors (Lipinski definition) is 1. The van der Waals surface area contributed by atoms with Crippen molar-refractivity contribution in [1.29, 1.82) is 0 Å². The highest BCUT2D eigenvalue weighted by atomic mass is 79.9. The molecular weight excluding hydrogens is 321 g/mol. The Morgan fingerprint density at radius 3 is 2.75 bits per heavy atom. The average molecular weight is 334 g/mol. The number of nitrogens with zero attached hydrogens (tertiary/aromatic N) is 2. The normalized spacial score (nSPS) is 18.2. The lowest BCUT2D eigenvalue weighted by Gasteiger charge is -2.26. The van der Waals surface area contributed by atoms with E-state index in [0.29, 0.717) is 12.5 Å². The van der Waals surface area contributed by atoms with E-state index in [-0.39, 0.29) is 11.9 Å². The summed E-state index contributed by atoms with van der Waals surface area (Å²) in [5.74, 6) is 0.208. The van der Waals surface area contributed by atoms with Gasteiger partial charge in [0, 0.05) is 10.2 Å². The molecule has 3 nitrogen and oxygen atoms in total. The van der Waals surface area contributed by atoms with E-state index >= 15 is 0 Å². The molecule has 0 amide bonds. The monoisotopic (exact) mass is 333 g/mol. The molecule has 20 heavy (non-hydrogen) atoms. The quantitative estimate of drug-likeness (QED) is 0.914. The fourth-order valence-corrected chi connectivity index (χ4v) is 2.79. The lowest BCUT2D eigenvalue weighted by Crippen LogP contribution is -2.36. The van der Waals surface area contributed by atoms with Crippen LogP contribution in [0.15, 0.2) is 58.0 Å². The molecule has 2 aromatic rings. The number of guanidine groups is 1. The smallest absolute Gasteiger partial charge is 0.196 e. The molecule has 1 unspecified atom stereocenters. The SMILES string of the molecule is NC1=NCC(c2cccc(F)c2)N1c1cccc(Br)c1. The molecule has 0 spiro atoms. The summed E-state index contributed by atoms with van der Waals surface area (Å²) < 4.78 is 14.4. The van der Waals surface area contributed by atoms with Crippen LogP contribution >= 0.6 is 15.9 Å². The average Bonchev–Trinajstić information content (AvgIpc) is 2.80. The van der Waals surface area contributed by atoms with Gasteiger partial charge in [-0.05, 0) is 35.9 Å². The molecular formula is C15H13BrFN3. The van der Waals surface area contributed by atoms with Crippen LogP contribution in [0, 0.1) is 5.82 Å². The van der Waals surface area contributed by atoms with E-state index in [1.54, 1.807) is 6.07 Å². The minimum absolute atomic E-state index is 0.0694. The minimum atomic E-state index is -0.248. The lowest BCUT2D eigenvalue weighted by atomic mass is 10.1. The van der Waals surface area contributed by atoms with Gasteiger partial charge in [0.25, 0.3) is 0 Å². The Balaban J connectivity index is 2.00. The lowest BCUT2D eigenvalue weighted by molar-refractivity contribution is 0.621. The molecule has 2 aromatic carbocycles. The number of halogens is 2. The van der Waals surface area contributed by atoms with Crippen LogP contribution in [0.4, 0.5) is 10.1 Å². The molecule has 1 aliphatic heterocycles. The van der Waals surface area contributed by atoms with E-state index in [2.05, 4.69) is 20.9 Å². The summed E-state index contributed by atoms with van der Waals surface area (Å²) in [5.41, 5.74) is 7.80. The molecule has 2 N–H and O–H groups in total. The van der Waals surface area contributed by atoms with Crippen LogP contribution in [0.1, 0.15) is 11.6 Å². The van der Waals surface area contributed by atoms with Crippen molar-refractivity contribution in [3.05, 3.63) is 64.4 Å². The van der Waals surface area contributed by atoms with Crippen LogP contribution in [0.5, 0.6) is 0 Å². The first kappa shape index (κ1) is 13.1. The van der Waals surface area contributed by atoms with Crippen molar-refractivity contribution in [2.24, 2.45) is 10.7 Å². The van der Waals surface area contributed by atoms with Gasteiger partial charge in [-0.25, -0.2) is 4.39 Å². The second kappa shape index (κ2) is 5.25. The van der Waals surface area contributed by atoms with E-state index in [9.17, 15) is 4.39 Å². The summed E-state index contributed by atoms with van der Waals surface area (Å²) in [6.07, 6.45) is 0. The highest BCUT2D eigenvalue weighted by Crippen LogP contribution is 2.32. The van der Waals surface area contributed by atoms with Crippen molar-refractivity contribution in [1.82, 2.24) is 0 Å². The third-order valence-electron chi connectivity index (χ3n) is 3.30. The summed E-state index contributed by atoms with van der Waals surface area (Å²) in [7, 11) is 0. The van der Waals surface area contributed by atoms with Crippen LogP contribution in [-0.2, 0) is 0 Å². The summed E-state index contributed by atoms with van der Waals surface area (Å²) >= 11 is 3.45. The zero-order valence-electron chi connectivity index (χ0n) is 10.6. The van der Waals surface area contributed by atoms with Gasteiger partial charge in [0.2, 0.25) is 0 Å². The standard InChI is InChI=1S/C15H13BrFN3/c16-11-4-2-6-13(8-11)20-14(9-19-15(20)18)10-3-1-5-12(17)7-10/h1-8,14H,9H2,(H2,18,19). The molecule has 0 saturated heterocycles. The fourth-order valence-electron chi connectivity index (χ4n) is 2.40. The zero-order chi connectivity index (χ0) is 14.1. The predicted octanol–water partition coefficient (Wildman–Crippen LogP) is 3.46. The largest absolute Gasteiger partial charge is 0.369 e. The summed E-state index contributed by atoms with van der Waals surface area (Å²) in [5, 5.41) is 0. The van der Waals surface area contributed by atoms with Crippen LogP contribution < -0.4 is 10.6 Å². The Morgan fingerprint density at radius 1 is 1.20 bits per heavy atom. The predicted molar refractivity (Wildman–Crippen MR) is 82.3 cm³/mol. The van der Waals surface area contributed by atoms with Crippen molar-refractivity contribution >= 4 is 27.6 Å². The number of anilines is 1. The number of hydrogen-bond acceptors (Lipinski definition) is 3. The molecule has 0 saturated carbocycles. The molecule has 0 aliphatic carbocycles. The van der Waals surface area contributed by atoms with Gasteiger partial charge in [-0.1, -0.05) is 34.1 Å². The number of benzene rings is 2. The maximum atomic E-state index is 13.4. The molecule has 0 radical (unpaired) electrons. The maximum Gasteiger partial charge on any atom is 0.196 e. The molecule has 3 rings (SSSR count). The first-order chi connectivity index (χ1) is 9.65. The number of nitrogens with two attached hydrogens (primary N) is 1. The van der Waals surface area contributed by atoms with E-state index in [1.165, 1.54) is 12.1 Å². The molecule has 5 heteroatoms. The molecule has 0 bridgehead atoms. The van der Waals surface area contributed by atoms with Crippen molar-refractivity contribution in [2.45, 2.75) is 6.04 Å². The van der Waals surface area contributed by atoms with Crippen LogP contribution in [0.3, 0.4) is 0 Å². The zero-order valence-corrected chi connectivity index (χ0v) is 12.2. The Bertz CT molecular complexity index is 672. The van der Waals surface area contributed by atoms with E-state index in [4.69, 9.17) is 5.73 Å². The van der Waals surface area contributed by atoms with Gasteiger partial charge < -0.3 is 10.6 Å². The fraction of sp³-hybridized carbons (Fsp3) is 0.133. The first-order valence-electron chi connectivity index (χ1n) is 6.25. The van der Waals surface area contributed by atoms with Crippen LogP contribution in [0.25, 0.3) is 0 Å². The number of aliphatic imine (C=N–C) groups is 1. The highest BCUT2D eigenvalue weighted by Gasteiger charge is 2.29. The molecule has 0 aromatic heterocycles. The topological polar surface area (TPSA) is 41.6 Å². The summed E-state index contributed by atoms with van der Waals surface area (Å²) in [6, 6.07) is 14.3. The number of rotatable bonds is 2. The highest BCUT2D eigenvalue weighted by molar-refractivity contribution is 9.10. The van der Waals surface area contributed by atoms with Gasteiger partial charge in [0.05, 0.1) is 12.6 Å². The van der Waals surface area contributed by atoms with Gasteiger partial charge >= 0.3 is 0 Å². The van der Waals surface area contributed by atoms with E-state index in [1.807, 2.05) is 35.2 Å². The summed E-state index contributed by atoms with van der Waals surface area (Å²) in [4.78, 5) is 6.22. The Hall–Kier alpha value is -1.88. The molecule has 1 atom stereocenters. The third kappa shape index (κ3) is 2.41. The Labute approximate surface area is 125 Å². The molecule has 102 valence electrons. The van der Waals surface area contributed by atoms with Crippen LogP contribution in [0.2, 0.25) is 0 Å². The van der Waals surface area contributed by atoms with Crippen molar-refractivity contribution < 1.29 is 4.39 Å². The molecule has 0 fully saturated rings. The molecule has 1 aliphatic rings. The second-order valence-electron chi connectivity index (χ2n) is 4.62. The maximum absolute atomic E-state index is 13.4. The Morgan fingerprint density at radius 2 is 2.00 bits per heavy atom. The first-order valence-corrected chi connectivity index (χ1v) is 7.04. The van der Waals surface area contributed by atoms with Gasteiger partial charge in [0.1, 0.15) is 5.82 Å². The molecule has 1 heterocycles. The van der Waals surface area contributed by atoms with Gasteiger partial charge in [-0.3, -0.25) is 4.99 Å². The van der Waals surface area contributed by atoms with Gasteiger partial charge in [-0.15, -0.1) is 0 Å². The van der Waals surface area contributed by atoms with Gasteiger partial charge in [-0.2, -0.15) is 0 Å². The van der Waals surface area contributed by atoms with Crippen molar-refractivity contribution in [2.75, 3.05) is 11.4 Å². The Kier molecular flexibility index (Phi) is 3.44. The van der Waals surface area contributed by atoms with Gasteiger partial charge in [0.15, 0.2) is 5.96 Å². The third-order valence-corrected chi connectivity index (χ3v) is 3.80. The minimum Gasteiger partial charge on any atom is -0.369 e.